The van der Waals surface area contributed by atoms with E-state index in [9.17, 15) is 0 Å². The van der Waals surface area contributed by atoms with Gasteiger partial charge in [-0.15, -0.1) is 11.3 Å². The van der Waals surface area contributed by atoms with Crippen LogP contribution in [0.1, 0.15) is 13.3 Å². The molecule has 18 heavy (non-hydrogen) atoms. The maximum atomic E-state index is 5.53. The van der Waals surface area contributed by atoms with E-state index in [0.29, 0.717) is 0 Å². The third-order valence-corrected chi connectivity index (χ3v) is 3.72. The zero-order valence-electron chi connectivity index (χ0n) is 10.7. The molecular formula is C11H20N6S. The fourth-order valence-corrected chi connectivity index (χ4v) is 2.63. The summed E-state index contributed by atoms with van der Waals surface area (Å²) in [4.78, 5) is 13.3. The molecule has 0 aliphatic carbocycles. The third-order valence-electron chi connectivity index (χ3n) is 2.88. The Bertz CT molecular complexity index is 369. The van der Waals surface area contributed by atoms with Crippen LogP contribution >= 0.6 is 11.3 Å². The van der Waals surface area contributed by atoms with Crippen molar-refractivity contribution in [1.82, 2.24) is 15.3 Å². The van der Waals surface area contributed by atoms with Gasteiger partial charge in [0, 0.05) is 44.3 Å². The summed E-state index contributed by atoms with van der Waals surface area (Å²) in [7, 11) is 0. The molecule has 1 aliphatic heterocycles. The summed E-state index contributed by atoms with van der Waals surface area (Å²) in [6.07, 6.45) is 2.88. The number of rotatable bonds is 3. The zero-order valence-corrected chi connectivity index (χ0v) is 11.5. The standard InChI is InChI=1S/C11H20N6S/c1-2-3-13-10(15-12)16-5-7-17(8-6-16)11-14-4-9-18-11/h4,9H,2-3,5-8,12H2,1H3,(H,13,15). The molecule has 0 amide bonds. The van der Waals surface area contributed by atoms with E-state index in [1.165, 1.54) is 0 Å². The monoisotopic (exact) mass is 268 g/mol. The molecule has 1 fully saturated rings. The van der Waals surface area contributed by atoms with Crippen molar-refractivity contribution in [2.45, 2.75) is 13.3 Å². The van der Waals surface area contributed by atoms with E-state index in [0.717, 1.165) is 50.2 Å². The summed E-state index contributed by atoms with van der Waals surface area (Å²) in [6.45, 7) is 6.68. The number of anilines is 1. The number of thiazole rings is 1. The van der Waals surface area contributed by atoms with Crippen molar-refractivity contribution in [3.05, 3.63) is 11.6 Å². The molecule has 0 atom stereocenters. The molecule has 1 aromatic heterocycles. The van der Waals surface area contributed by atoms with Crippen molar-refractivity contribution in [3.63, 3.8) is 0 Å². The smallest absolute Gasteiger partial charge is 0.208 e. The maximum Gasteiger partial charge on any atom is 0.208 e. The number of nitrogens with zero attached hydrogens (tertiary/aromatic N) is 4. The Morgan fingerprint density at radius 1 is 1.50 bits per heavy atom. The predicted molar refractivity (Wildman–Crippen MR) is 75.8 cm³/mol. The minimum absolute atomic E-state index is 0.802. The Labute approximate surface area is 111 Å². The third kappa shape index (κ3) is 3.11. The Morgan fingerprint density at radius 3 is 2.83 bits per heavy atom. The first-order chi connectivity index (χ1) is 8.85. The maximum absolute atomic E-state index is 5.53. The van der Waals surface area contributed by atoms with Crippen LogP contribution in [0.5, 0.6) is 0 Å². The molecule has 6 nitrogen and oxygen atoms in total. The van der Waals surface area contributed by atoms with Gasteiger partial charge in [-0.1, -0.05) is 6.92 Å². The molecule has 1 aromatic rings. The van der Waals surface area contributed by atoms with Crippen LogP contribution in [0.3, 0.4) is 0 Å². The molecule has 7 heteroatoms. The van der Waals surface area contributed by atoms with Crippen LogP contribution in [0.25, 0.3) is 0 Å². The van der Waals surface area contributed by atoms with Crippen molar-refractivity contribution in [2.75, 3.05) is 37.6 Å². The average molecular weight is 268 g/mol. The van der Waals surface area contributed by atoms with Crippen LogP contribution in [-0.4, -0.2) is 48.6 Å². The van der Waals surface area contributed by atoms with Gasteiger partial charge in [-0.2, -0.15) is 0 Å². The second-order valence-corrected chi connectivity index (χ2v) is 5.01. The largest absolute Gasteiger partial charge is 0.345 e. The van der Waals surface area contributed by atoms with Crippen molar-refractivity contribution < 1.29 is 0 Å². The van der Waals surface area contributed by atoms with Crippen molar-refractivity contribution in [3.8, 4) is 0 Å². The van der Waals surface area contributed by atoms with E-state index in [1.807, 2.05) is 11.6 Å². The highest BCUT2D eigenvalue weighted by molar-refractivity contribution is 7.13. The first-order valence-electron chi connectivity index (χ1n) is 6.25. The molecule has 0 unspecified atom stereocenters. The van der Waals surface area contributed by atoms with Crippen LogP contribution in [0.15, 0.2) is 16.6 Å². The van der Waals surface area contributed by atoms with Gasteiger partial charge in [0.05, 0.1) is 0 Å². The van der Waals surface area contributed by atoms with Crippen LogP contribution in [0, 0.1) is 0 Å². The molecule has 1 aliphatic rings. The SMILES string of the molecule is CCCN=C(NN)N1CCN(c2nccs2)CC1. The molecule has 0 saturated carbocycles. The summed E-state index contributed by atoms with van der Waals surface area (Å²) in [6, 6.07) is 0. The number of aliphatic imine (C=N–C) groups is 1. The summed E-state index contributed by atoms with van der Waals surface area (Å²) in [5.74, 6) is 6.33. The second-order valence-electron chi connectivity index (χ2n) is 4.14. The minimum atomic E-state index is 0.802. The quantitative estimate of drug-likeness (QED) is 0.361. The van der Waals surface area contributed by atoms with Crippen LogP contribution in [0.2, 0.25) is 0 Å². The van der Waals surface area contributed by atoms with Gasteiger partial charge in [0.1, 0.15) is 0 Å². The normalized spacial score (nSPS) is 17.1. The Balaban J connectivity index is 1.89. The van der Waals surface area contributed by atoms with E-state index < -0.39 is 0 Å². The Hall–Kier alpha value is -1.34. The van der Waals surface area contributed by atoms with Gasteiger partial charge in [0.2, 0.25) is 5.96 Å². The van der Waals surface area contributed by atoms with E-state index in [4.69, 9.17) is 5.84 Å². The average Bonchev–Trinajstić information content (AvgIpc) is 2.94. The predicted octanol–water partition coefficient (Wildman–Crippen LogP) is 0.494. The van der Waals surface area contributed by atoms with Gasteiger partial charge >= 0.3 is 0 Å². The van der Waals surface area contributed by atoms with Gasteiger partial charge in [0.25, 0.3) is 0 Å². The first kappa shape index (κ1) is 13.1. The molecule has 0 radical (unpaired) electrons. The molecule has 0 aromatic carbocycles. The number of nitrogens with two attached hydrogens (primary N) is 1. The number of hydrazine groups is 1. The highest BCUT2D eigenvalue weighted by Crippen LogP contribution is 2.18. The van der Waals surface area contributed by atoms with E-state index >= 15 is 0 Å². The van der Waals surface area contributed by atoms with Crippen molar-refractivity contribution >= 4 is 22.4 Å². The van der Waals surface area contributed by atoms with Gasteiger partial charge in [-0.25, -0.2) is 10.8 Å². The summed E-state index contributed by atoms with van der Waals surface area (Å²) in [5.41, 5.74) is 2.70. The molecule has 0 bridgehead atoms. The molecule has 2 heterocycles. The second kappa shape index (κ2) is 6.55. The summed E-state index contributed by atoms with van der Waals surface area (Å²) < 4.78 is 0. The van der Waals surface area contributed by atoms with Gasteiger partial charge in [-0.05, 0) is 6.42 Å². The summed E-state index contributed by atoms with van der Waals surface area (Å²) >= 11 is 1.68. The first-order valence-corrected chi connectivity index (χ1v) is 7.13. The lowest BCUT2D eigenvalue weighted by atomic mass is 10.3. The van der Waals surface area contributed by atoms with Gasteiger partial charge in [0.15, 0.2) is 5.13 Å². The molecule has 2 rings (SSSR count). The van der Waals surface area contributed by atoms with E-state index in [1.54, 1.807) is 11.3 Å². The van der Waals surface area contributed by atoms with Crippen LogP contribution in [0.4, 0.5) is 5.13 Å². The molecular weight excluding hydrogens is 248 g/mol. The molecule has 1 saturated heterocycles. The zero-order chi connectivity index (χ0) is 12.8. The fourth-order valence-electron chi connectivity index (χ4n) is 1.94. The van der Waals surface area contributed by atoms with Crippen LogP contribution < -0.4 is 16.2 Å². The number of hydrogen-bond donors (Lipinski definition) is 2. The summed E-state index contributed by atoms with van der Waals surface area (Å²) in [5, 5.41) is 3.11. The Morgan fingerprint density at radius 2 is 2.28 bits per heavy atom. The number of aromatic nitrogens is 1. The van der Waals surface area contributed by atoms with Crippen LogP contribution in [-0.2, 0) is 0 Å². The lowest BCUT2D eigenvalue weighted by Gasteiger charge is -2.35. The fraction of sp³-hybridized carbons (Fsp3) is 0.636. The molecule has 100 valence electrons. The lowest BCUT2D eigenvalue weighted by Crippen LogP contribution is -2.54. The number of piperazine rings is 1. The molecule has 0 spiro atoms. The number of nitrogens with one attached hydrogen (secondary N) is 1. The molecule has 3 N–H and O–H groups in total. The topological polar surface area (TPSA) is 69.8 Å². The van der Waals surface area contributed by atoms with Gasteiger partial charge in [-0.3, -0.25) is 10.4 Å². The van der Waals surface area contributed by atoms with E-state index in [2.05, 4.69) is 32.1 Å². The highest BCUT2D eigenvalue weighted by Gasteiger charge is 2.20. The van der Waals surface area contributed by atoms with Crippen molar-refractivity contribution in [2.24, 2.45) is 10.8 Å². The van der Waals surface area contributed by atoms with Crippen molar-refractivity contribution in [1.29, 1.82) is 0 Å². The highest BCUT2D eigenvalue weighted by atomic mass is 32.1. The van der Waals surface area contributed by atoms with E-state index in [-0.39, 0.29) is 0 Å². The number of guanidine groups is 1. The number of hydrogen-bond acceptors (Lipinski definition) is 5. The lowest BCUT2D eigenvalue weighted by molar-refractivity contribution is 0.372. The van der Waals surface area contributed by atoms with Gasteiger partial charge < -0.3 is 9.80 Å². The minimum Gasteiger partial charge on any atom is -0.345 e. The Kier molecular flexibility index (Phi) is 4.77.